The molecule has 28 heavy (non-hydrogen) atoms. The SMILES string of the molecule is Cc1nc(CN2C(=O)CC[C@]23CCCN(c2ncc4sccc4n2)CC3)cs1. The zero-order valence-electron chi connectivity index (χ0n) is 15.9. The highest BCUT2D eigenvalue weighted by Gasteiger charge is 2.46. The van der Waals surface area contributed by atoms with Gasteiger partial charge in [0.25, 0.3) is 0 Å². The van der Waals surface area contributed by atoms with Crippen LogP contribution in [-0.2, 0) is 11.3 Å². The average Bonchev–Trinajstić information content (AvgIpc) is 3.35. The molecular weight excluding hydrogens is 390 g/mol. The van der Waals surface area contributed by atoms with Gasteiger partial charge in [0.1, 0.15) is 0 Å². The number of likely N-dealkylation sites (tertiary alicyclic amines) is 1. The number of thiazole rings is 1. The van der Waals surface area contributed by atoms with E-state index < -0.39 is 0 Å². The van der Waals surface area contributed by atoms with Gasteiger partial charge in [0, 0.05) is 30.4 Å². The highest BCUT2D eigenvalue weighted by Crippen LogP contribution is 2.40. The molecule has 6 nitrogen and oxygen atoms in total. The summed E-state index contributed by atoms with van der Waals surface area (Å²) < 4.78 is 1.13. The quantitative estimate of drug-likeness (QED) is 0.649. The van der Waals surface area contributed by atoms with Crippen LogP contribution in [0.3, 0.4) is 0 Å². The number of hydrogen-bond donors (Lipinski definition) is 0. The largest absolute Gasteiger partial charge is 0.341 e. The zero-order chi connectivity index (χ0) is 19.1. The Morgan fingerprint density at radius 2 is 2.11 bits per heavy atom. The van der Waals surface area contributed by atoms with Crippen molar-refractivity contribution in [2.24, 2.45) is 0 Å². The number of anilines is 1. The molecule has 0 N–H and O–H groups in total. The van der Waals surface area contributed by atoms with Crippen LogP contribution in [0.25, 0.3) is 10.2 Å². The molecule has 2 aliphatic heterocycles. The van der Waals surface area contributed by atoms with Gasteiger partial charge < -0.3 is 9.80 Å². The number of fused-ring (bicyclic) bond motifs is 1. The van der Waals surface area contributed by atoms with Crippen molar-refractivity contribution in [2.45, 2.75) is 51.1 Å². The summed E-state index contributed by atoms with van der Waals surface area (Å²) in [6, 6.07) is 2.05. The van der Waals surface area contributed by atoms with Crippen LogP contribution in [0.15, 0.2) is 23.0 Å². The topological polar surface area (TPSA) is 62.2 Å². The molecule has 0 unspecified atom stereocenters. The molecule has 2 aliphatic rings. The summed E-state index contributed by atoms with van der Waals surface area (Å²) in [7, 11) is 0. The number of thiophene rings is 1. The highest BCUT2D eigenvalue weighted by molar-refractivity contribution is 7.17. The Hall–Kier alpha value is -2.06. The van der Waals surface area contributed by atoms with Gasteiger partial charge in [-0.15, -0.1) is 22.7 Å². The summed E-state index contributed by atoms with van der Waals surface area (Å²) in [5.41, 5.74) is 1.99. The number of amides is 1. The Balaban J connectivity index is 1.36. The predicted octanol–water partition coefficient (Wildman–Crippen LogP) is 4.01. The molecule has 146 valence electrons. The first-order valence-corrected chi connectivity index (χ1v) is 11.6. The normalized spacial score (nSPS) is 23.1. The molecule has 0 saturated carbocycles. The summed E-state index contributed by atoms with van der Waals surface area (Å²) in [5.74, 6) is 1.09. The lowest BCUT2D eigenvalue weighted by atomic mass is 9.87. The Morgan fingerprint density at radius 1 is 1.18 bits per heavy atom. The van der Waals surface area contributed by atoms with E-state index in [1.165, 1.54) is 0 Å². The standard InChI is InChI=1S/C20H23N5OS2/c1-14-22-15(13-28-14)12-25-18(26)3-6-20(25)5-2-8-24(9-7-20)19-21-11-17-16(23-19)4-10-27-17/h4,10-11,13H,2-3,5-9,12H2,1H3/t20-/m0/s1. The maximum Gasteiger partial charge on any atom is 0.225 e. The molecule has 1 atom stereocenters. The van der Waals surface area contributed by atoms with E-state index in [-0.39, 0.29) is 11.4 Å². The Bertz CT molecular complexity index is 1010. The van der Waals surface area contributed by atoms with Crippen LogP contribution in [0, 0.1) is 6.92 Å². The third-order valence-electron chi connectivity index (χ3n) is 6.06. The van der Waals surface area contributed by atoms with Crippen molar-refractivity contribution in [3.05, 3.63) is 33.7 Å². The van der Waals surface area contributed by atoms with Gasteiger partial charge >= 0.3 is 0 Å². The first-order chi connectivity index (χ1) is 13.6. The molecule has 8 heteroatoms. The number of hydrogen-bond acceptors (Lipinski definition) is 7. The van der Waals surface area contributed by atoms with E-state index in [4.69, 9.17) is 4.98 Å². The molecular formula is C20H23N5OS2. The van der Waals surface area contributed by atoms with Crippen LogP contribution >= 0.6 is 22.7 Å². The second kappa shape index (κ2) is 7.08. The molecule has 2 saturated heterocycles. The van der Waals surface area contributed by atoms with Gasteiger partial charge in [0.2, 0.25) is 11.9 Å². The summed E-state index contributed by atoms with van der Waals surface area (Å²) in [5, 5.41) is 5.20. The molecule has 3 aromatic heterocycles. The zero-order valence-corrected chi connectivity index (χ0v) is 17.6. The van der Waals surface area contributed by atoms with Crippen LogP contribution in [0.1, 0.15) is 42.8 Å². The van der Waals surface area contributed by atoms with Crippen molar-refractivity contribution < 1.29 is 4.79 Å². The lowest BCUT2D eigenvalue weighted by Crippen LogP contribution is -2.46. The molecule has 1 amide bonds. The van der Waals surface area contributed by atoms with Crippen molar-refractivity contribution in [3.63, 3.8) is 0 Å². The molecule has 5 heterocycles. The third-order valence-corrected chi connectivity index (χ3v) is 7.72. The lowest BCUT2D eigenvalue weighted by molar-refractivity contribution is -0.132. The Morgan fingerprint density at radius 3 is 2.96 bits per heavy atom. The number of aryl methyl sites for hydroxylation is 1. The number of carbonyl (C=O) groups is 1. The van der Waals surface area contributed by atoms with Crippen molar-refractivity contribution in [3.8, 4) is 0 Å². The average molecular weight is 414 g/mol. The van der Waals surface area contributed by atoms with Gasteiger partial charge in [-0.05, 0) is 44.1 Å². The van der Waals surface area contributed by atoms with Gasteiger partial charge in [-0.3, -0.25) is 4.79 Å². The summed E-state index contributed by atoms with van der Waals surface area (Å²) in [6.07, 6.45) is 6.59. The molecule has 1 spiro atoms. The lowest BCUT2D eigenvalue weighted by Gasteiger charge is -2.38. The van der Waals surface area contributed by atoms with E-state index in [1.807, 2.05) is 13.1 Å². The minimum Gasteiger partial charge on any atom is -0.341 e. The molecule has 0 aromatic carbocycles. The maximum atomic E-state index is 12.7. The van der Waals surface area contributed by atoms with E-state index in [9.17, 15) is 4.79 Å². The van der Waals surface area contributed by atoms with Crippen molar-refractivity contribution in [1.29, 1.82) is 0 Å². The first kappa shape index (κ1) is 18.0. The van der Waals surface area contributed by atoms with Gasteiger partial charge in [0.05, 0.1) is 33.7 Å². The minimum atomic E-state index is -0.0458. The van der Waals surface area contributed by atoms with Crippen LogP contribution < -0.4 is 4.90 Å². The molecule has 3 aromatic rings. The van der Waals surface area contributed by atoms with E-state index in [0.29, 0.717) is 13.0 Å². The second-order valence-corrected chi connectivity index (χ2v) is 9.75. The number of carbonyl (C=O) groups excluding carboxylic acids is 1. The van der Waals surface area contributed by atoms with Crippen LogP contribution in [-0.4, -0.2) is 44.4 Å². The predicted molar refractivity (Wildman–Crippen MR) is 113 cm³/mol. The second-order valence-electron chi connectivity index (χ2n) is 7.74. The van der Waals surface area contributed by atoms with E-state index in [0.717, 1.165) is 65.6 Å². The van der Waals surface area contributed by atoms with Crippen molar-refractivity contribution in [1.82, 2.24) is 19.9 Å². The number of rotatable bonds is 3. The van der Waals surface area contributed by atoms with Crippen LogP contribution in [0.2, 0.25) is 0 Å². The number of aromatic nitrogens is 3. The van der Waals surface area contributed by atoms with E-state index >= 15 is 0 Å². The smallest absolute Gasteiger partial charge is 0.225 e. The molecule has 2 fully saturated rings. The van der Waals surface area contributed by atoms with Crippen LogP contribution in [0.5, 0.6) is 0 Å². The molecule has 0 bridgehead atoms. The van der Waals surface area contributed by atoms with Crippen LogP contribution in [0.4, 0.5) is 5.95 Å². The highest BCUT2D eigenvalue weighted by atomic mass is 32.1. The summed E-state index contributed by atoms with van der Waals surface area (Å²) in [4.78, 5) is 31.1. The first-order valence-electron chi connectivity index (χ1n) is 9.80. The summed E-state index contributed by atoms with van der Waals surface area (Å²) in [6.45, 7) is 4.48. The van der Waals surface area contributed by atoms with Crippen molar-refractivity contribution in [2.75, 3.05) is 18.0 Å². The van der Waals surface area contributed by atoms with E-state index in [2.05, 4.69) is 36.6 Å². The monoisotopic (exact) mass is 413 g/mol. The molecule has 5 rings (SSSR count). The Labute approximate surface area is 172 Å². The van der Waals surface area contributed by atoms with E-state index in [1.54, 1.807) is 22.7 Å². The Kier molecular flexibility index (Phi) is 4.55. The van der Waals surface area contributed by atoms with Gasteiger partial charge in [-0.1, -0.05) is 0 Å². The van der Waals surface area contributed by atoms with Gasteiger partial charge in [0.15, 0.2) is 0 Å². The fraction of sp³-hybridized carbons (Fsp3) is 0.500. The summed E-state index contributed by atoms with van der Waals surface area (Å²) >= 11 is 3.33. The van der Waals surface area contributed by atoms with Gasteiger partial charge in [-0.2, -0.15) is 0 Å². The molecule has 0 radical (unpaired) electrons. The third kappa shape index (κ3) is 3.18. The van der Waals surface area contributed by atoms with Crippen molar-refractivity contribution >= 4 is 44.7 Å². The minimum absolute atomic E-state index is 0.0458. The van der Waals surface area contributed by atoms with Gasteiger partial charge in [-0.25, -0.2) is 15.0 Å². The number of nitrogens with zero attached hydrogens (tertiary/aromatic N) is 5. The fourth-order valence-electron chi connectivity index (χ4n) is 4.58. The fourth-order valence-corrected chi connectivity index (χ4v) is 5.88. The maximum absolute atomic E-state index is 12.7. The molecule has 0 aliphatic carbocycles.